The molecule has 0 saturated carbocycles. The summed E-state index contributed by atoms with van der Waals surface area (Å²) in [5.74, 6) is 0. The van der Waals surface area contributed by atoms with E-state index in [1.165, 1.54) is 43.8 Å². The third-order valence-corrected chi connectivity index (χ3v) is 12.5. The second-order valence-corrected chi connectivity index (χ2v) is 16.2. The number of fused-ring (bicyclic) bond motifs is 24. The Bertz CT molecular complexity index is 2530. The van der Waals surface area contributed by atoms with Crippen molar-refractivity contribution in [1.82, 2.24) is 39.9 Å². The SMILES string of the molecule is c1cnc2[nH]c3c(c2c1)C[C@H]1CO[C@@H]3O1.c1cnc2[nH]c3c(c2c1)C[C@H]1CO[C@@H]3O1.c1cnc2[nH]c3c(c2c1)C[C@H]1CO[C@@H]3O1.c1cnc2[nH]c3c(c2c1)C[C@H]1CO[C@@H]3O1. The van der Waals surface area contributed by atoms with Crippen LogP contribution in [0.3, 0.4) is 0 Å². The smallest absolute Gasteiger partial charge is 0.199 e. The number of H-pyrrole nitrogens is 4. The van der Waals surface area contributed by atoms with E-state index in [2.05, 4.69) is 64.1 Å². The molecule has 8 aliphatic heterocycles. The van der Waals surface area contributed by atoms with Crippen LogP contribution in [0.2, 0.25) is 0 Å². The van der Waals surface area contributed by atoms with E-state index >= 15 is 0 Å². The number of hydrogen-bond acceptors (Lipinski definition) is 12. The Morgan fingerprint density at radius 3 is 0.867 bits per heavy atom. The van der Waals surface area contributed by atoms with Gasteiger partial charge in [0.15, 0.2) is 25.2 Å². The molecule has 16 nitrogen and oxygen atoms in total. The van der Waals surface area contributed by atoms with Crippen LogP contribution < -0.4 is 0 Å². The number of rotatable bonds is 0. The third-order valence-electron chi connectivity index (χ3n) is 12.5. The first-order valence-electron chi connectivity index (χ1n) is 20.6. The lowest BCUT2D eigenvalue weighted by Crippen LogP contribution is -2.18. The van der Waals surface area contributed by atoms with Crippen LogP contribution in [-0.4, -0.2) is 90.7 Å². The van der Waals surface area contributed by atoms with Crippen LogP contribution in [-0.2, 0) is 63.6 Å². The fourth-order valence-corrected chi connectivity index (χ4v) is 9.81. The number of nitrogens with zero attached hydrogens (tertiary/aromatic N) is 4. The summed E-state index contributed by atoms with van der Waals surface area (Å²) in [5.41, 5.74) is 13.2. The van der Waals surface area contributed by atoms with Crippen molar-refractivity contribution in [2.45, 2.75) is 75.3 Å². The maximum absolute atomic E-state index is 5.67. The molecule has 304 valence electrons. The van der Waals surface area contributed by atoms with Gasteiger partial charge < -0.3 is 57.8 Å². The Morgan fingerprint density at radius 1 is 0.367 bits per heavy atom. The Morgan fingerprint density at radius 2 is 0.617 bits per heavy atom. The minimum absolute atomic E-state index is 0.201. The van der Waals surface area contributed by atoms with Crippen LogP contribution in [0.25, 0.3) is 44.1 Å². The van der Waals surface area contributed by atoms with Crippen molar-refractivity contribution in [2.24, 2.45) is 0 Å². The van der Waals surface area contributed by atoms with E-state index in [0.717, 1.165) is 71.0 Å². The van der Waals surface area contributed by atoms with Crippen LogP contribution in [0.1, 0.15) is 70.2 Å². The second-order valence-electron chi connectivity index (χ2n) is 16.2. The Labute approximate surface area is 341 Å². The Hall–Kier alpha value is -5.56. The molecule has 0 spiro atoms. The van der Waals surface area contributed by atoms with Gasteiger partial charge in [0.2, 0.25) is 0 Å². The number of aromatic nitrogens is 8. The quantitative estimate of drug-likeness (QED) is 0.137. The minimum Gasteiger partial charge on any atom is -0.344 e. The van der Waals surface area contributed by atoms with Gasteiger partial charge in [0.05, 0.1) is 73.6 Å². The van der Waals surface area contributed by atoms with Gasteiger partial charge in [0, 0.05) is 72.0 Å². The average molecular weight is 809 g/mol. The molecule has 0 amide bonds. The first-order chi connectivity index (χ1) is 29.7. The molecule has 0 aliphatic carbocycles. The lowest BCUT2D eigenvalue weighted by atomic mass is 10.0. The molecule has 4 saturated heterocycles. The number of aromatic amines is 4. The summed E-state index contributed by atoms with van der Waals surface area (Å²) in [6, 6.07) is 16.3. The standard InChI is InChI=1S/4C11H10N2O2/c4*1-2-7-8-4-6-5-14-11(15-6)9(8)13-10(7)12-3-1/h4*1-3,6,11H,4-5H2,(H,12,13)/t4*6-,11+/m0000/s1. The largest absolute Gasteiger partial charge is 0.344 e. The van der Waals surface area contributed by atoms with E-state index in [9.17, 15) is 0 Å². The summed E-state index contributed by atoms with van der Waals surface area (Å²) >= 11 is 0. The highest BCUT2D eigenvalue weighted by molar-refractivity contribution is 5.84. The number of pyridine rings is 4. The van der Waals surface area contributed by atoms with Gasteiger partial charge in [-0.25, -0.2) is 19.9 Å². The van der Waals surface area contributed by atoms with Crippen LogP contribution in [0, 0.1) is 0 Å². The van der Waals surface area contributed by atoms with Gasteiger partial charge in [-0.3, -0.25) is 0 Å². The van der Waals surface area contributed by atoms with Gasteiger partial charge in [-0.2, -0.15) is 0 Å². The fraction of sp³-hybridized carbons (Fsp3) is 0.364. The Kier molecular flexibility index (Phi) is 8.22. The molecule has 8 aromatic heterocycles. The summed E-state index contributed by atoms with van der Waals surface area (Å²) < 4.78 is 44.9. The molecule has 8 aromatic rings. The van der Waals surface area contributed by atoms with Gasteiger partial charge in [0.1, 0.15) is 22.6 Å². The zero-order valence-electron chi connectivity index (χ0n) is 32.3. The van der Waals surface area contributed by atoms with Crippen LogP contribution in [0.4, 0.5) is 0 Å². The van der Waals surface area contributed by atoms with Gasteiger partial charge in [-0.1, -0.05) is 0 Å². The molecule has 4 N–H and O–H groups in total. The van der Waals surface area contributed by atoms with Crippen LogP contribution in [0.15, 0.2) is 73.3 Å². The molecule has 0 aromatic carbocycles. The van der Waals surface area contributed by atoms with Gasteiger partial charge in [-0.15, -0.1) is 0 Å². The van der Waals surface area contributed by atoms with E-state index in [-0.39, 0.29) is 49.6 Å². The molecule has 16 rings (SSSR count). The molecular formula is C44H40N8O8. The van der Waals surface area contributed by atoms with Gasteiger partial charge in [-0.05, 0) is 70.8 Å². The number of ether oxygens (including phenoxy) is 8. The minimum atomic E-state index is -0.201. The normalized spacial score (nSPS) is 28.3. The van der Waals surface area contributed by atoms with Crippen molar-refractivity contribution >= 4 is 44.1 Å². The first-order valence-corrected chi connectivity index (χ1v) is 20.6. The Balaban J connectivity index is 0.0000000823. The molecule has 8 atom stereocenters. The number of hydrogen-bond donors (Lipinski definition) is 4. The predicted molar refractivity (Wildman–Crippen MR) is 213 cm³/mol. The highest BCUT2D eigenvalue weighted by Gasteiger charge is 2.40. The third kappa shape index (κ3) is 5.82. The maximum Gasteiger partial charge on any atom is 0.199 e. The second kappa shape index (κ2) is 14.0. The molecule has 8 aliphatic rings. The highest BCUT2D eigenvalue weighted by atomic mass is 16.7. The molecule has 60 heavy (non-hydrogen) atoms. The zero-order valence-corrected chi connectivity index (χ0v) is 32.3. The molecule has 4 fully saturated rings. The van der Waals surface area contributed by atoms with Crippen molar-refractivity contribution in [1.29, 1.82) is 0 Å². The molecule has 16 heteroatoms. The zero-order chi connectivity index (χ0) is 39.3. The molecular weight excluding hydrogens is 769 g/mol. The van der Waals surface area contributed by atoms with E-state index in [4.69, 9.17) is 37.9 Å². The maximum atomic E-state index is 5.67. The van der Waals surface area contributed by atoms with Crippen LogP contribution >= 0.6 is 0 Å². The summed E-state index contributed by atoms with van der Waals surface area (Å²) in [5, 5.41) is 4.82. The van der Waals surface area contributed by atoms with Crippen molar-refractivity contribution in [3.05, 3.63) is 118 Å². The molecule has 0 unspecified atom stereocenters. The monoisotopic (exact) mass is 808 g/mol. The summed E-state index contributed by atoms with van der Waals surface area (Å²) in [6.07, 6.45) is 11.0. The van der Waals surface area contributed by atoms with E-state index in [1.54, 1.807) is 24.8 Å². The van der Waals surface area contributed by atoms with E-state index in [0.29, 0.717) is 26.4 Å². The molecule has 0 radical (unpaired) electrons. The van der Waals surface area contributed by atoms with E-state index < -0.39 is 0 Å². The average Bonchev–Trinajstić information content (AvgIpc) is 4.17. The lowest BCUT2D eigenvalue weighted by molar-refractivity contribution is -0.0703. The molecule has 16 heterocycles. The fourth-order valence-electron chi connectivity index (χ4n) is 9.81. The van der Waals surface area contributed by atoms with Crippen molar-refractivity contribution in [3.63, 3.8) is 0 Å². The predicted octanol–water partition coefficient (Wildman–Crippen LogP) is 6.13. The summed E-state index contributed by atoms with van der Waals surface area (Å²) in [6.45, 7) is 2.81. The van der Waals surface area contributed by atoms with Gasteiger partial charge >= 0.3 is 0 Å². The summed E-state index contributed by atoms with van der Waals surface area (Å²) in [4.78, 5) is 30.3. The van der Waals surface area contributed by atoms with Crippen LogP contribution in [0.5, 0.6) is 0 Å². The van der Waals surface area contributed by atoms with Crippen molar-refractivity contribution in [3.8, 4) is 0 Å². The lowest BCUT2D eigenvalue weighted by Gasteiger charge is -2.17. The van der Waals surface area contributed by atoms with Crippen molar-refractivity contribution in [2.75, 3.05) is 26.4 Å². The van der Waals surface area contributed by atoms with Crippen molar-refractivity contribution < 1.29 is 37.9 Å². The first kappa shape index (κ1) is 35.2. The topological polar surface area (TPSA) is 189 Å². The van der Waals surface area contributed by atoms with Gasteiger partial charge in [0.25, 0.3) is 0 Å². The van der Waals surface area contributed by atoms with E-state index in [1.807, 2.05) is 24.3 Å². The summed E-state index contributed by atoms with van der Waals surface area (Å²) in [7, 11) is 0. The number of nitrogens with one attached hydrogen (secondary N) is 4. The highest BCUT2D eigenvalue weighted by Crippen LogP contribution is 2.42. The molecule has 8 bridgehead atoms.